The summed E-state index contributed by atoms with van der Waals surface area (Å²) < 4.78 is 5.97. The molecule has 4 amide bonds. The normalized spacial score (nSPS) is 17.8. The van der Waals surface area contributed by atoms with Crippen LogP contribution >= 0.6 is 11.3 Å². The zero-order valence-corrected chi connectivity index (χ0v) is 24.5. The van der Waals surface area contributed by atoms with E-state index in [0.29, 0.717) is 32.5 Å². The molecule has 2 aliphatic rings. The average molecular weight is 585 g/mol. The average Bonchev–Trinajstić information content (AvgIpc) is 3.54. The number of benzene rings is 2. The number of nitrogens with zero attached hydrogens (tertiary/aromatic N) is 3. The molecular formula is C31H32N6O4S. The van der Waals surface area contributed by atoms with Gasteiger partial charge in [0.15, 0.2) is 0 Å². The topological polar surface area (TPSA) is 116 Å². The van der Waals surface area contributed by atoms with E-state index in [1.807, 2.05) is 74.4 Å². The number of carbonyl (C=O) groups excluding carboxylic acids is 3. The highest BCUT2D eigenvalue weighted by Gasteiger charge is 2.35. The fourth-order valence-corrected chi connectivity index (χ4v) is 6.65. The van der Waals surface area contributed by atoms with Gasteiger partial charge in [-0.15, -0.1) is 11.3 Å². The largest absolute Gasteiger partial charge is 0.457 e. The summed E-state index contributed by atoms with van der Waals surface area (Å²) in [4.78, 5) is 48.5. The van der Waals surface area contributed by atoms with Crippen LogP contribution in [0.25, 0.3) is 10.2 Å². The Balaban J connectivity index is 1.26. The number of anilines is 3. The molecule has 0 bridgehead atoms. The lowest BCUT2D eigenvalue weighted by Crippen LogP contribution is -2.50. The fraction of sp³-hybridized carbons (Fsp3) is 0.290. The summed E-state index contributed by atoms with van der Waals surface area (Å²) in [7, 11) is 3.68. The molecule has 1 aliphatic heterocycles. The second kappa shape index (κ2) is 11.4. The number of para-hydroxylation sites is 1. The first-order chi connectivity index (χ1) is 20.3. The minimum Gasteiger partial charge on any atom is -0.457 e. The number of ether oxygens (including phenoxy) is 1. The van der Waals surface area contributed by atoms with Crippen LogP contribution in [0.5, 0.6) is 11.5 Å². The highest BCUT2D eigenvalue weighted by molar-refractivity contribution is 7.21. The molecular weight excluding hydrogens is 552 g/mol. The summed E-state index contributed by atoms with van der Waals surface area (Å²) >= 11 is 1.25. The molecule has 2 aromatic carbocycles. The van der Waals surface area contributed by atoms with Gasteiger partial charge in [-0.3, -0.25) is 14.5 Å². The number of amides is 4. The Morgan fingerprint density at radius 3 is 2.55 bits per heavy atom. The van der Waals surface area contributed by atoms with Crippen LogP contribution in [0.15, 0.2) is 60.8 Å². The van der Waals surface area contributed by atoms with Crippen molar-refractivity contribution in [2.45, 2.75) is 38.3 Å². The predicted octanol–water partition coefficient (Wildman–Crippen LogP) is 5.41. The molecule has 3 heterocycles. The van der Waals surface area contributed by atoms with E-state index >= 15 is 0 Å². The molecule has 2 aromatic heterocycles. The summed E-state index contributed by atoms with van der Waals surface area (Å²) in [6, 6.07) is 16.2. The molecule has 0 spiro atoms. The molecule has 1 saturated carbocycles. The number of likely N-dealkylation sites (N-methyl/N-ethyl adjacent to an activating group) is 1. The second-order valence-corrected chi connectivity index (χ2v) is 11.9. The Morgan fingerprint density at radius 1 is 1.05 bits per heavy atom. The van der Waals surface area contributed by atoms with E-state index in [2.05, 4.69) is 20.9 Å². The predicted molar refractivity (Wildman–Crippen MR) is 164 cm³/mol. The number of hydrogen-bond donors (Lipinski definition) is 3. The number of aryl methyl sites for hydroxylation is 1. The summed E-state index contributed by atoms with van der Waals surface area (Å²) in [5.41, 5.74) is 2.67. The van der Waals surface area contributed by atoms with Crippen molar-refractivity contribution in [3.8, 4) is 11.5 Å². The molecule has 11 heteroatoms. The van der Waals surface area contributed by atoms with Crippen LogP contribution in [-0.4, -0.2) is 60.5 Å². The van der Waals surface area contributed by atoms with E-state index < -0.39 is 0 Å². The maximum atomic E-state index is 13.6. The Hall–Kier alpha value is -4.48. The van der Waals surface area contributed by atoms with Gasteiger partial charge in [-0.1, -0.05) is 18.2 Å². The zero-order chi connectivity index (χ0) is 29.4. The van der Waals surface area contributed by atoms with E-state index in [1.165, 1.54) is 11.3 Å². The van der Waals surface area contributed by atoms with E-state index in [1.54, 1.807) is 17.2 Å². The zero-order valence-electron chi connectivity index (χ0n) is 23.6. The number of nitrogens with one attached hydrogen (secondary N) is 3. The monoisotopic (exact) mass is 584 g/mol. The number of rotatable bonds is 8. The molecule has 0 radical (unpaired) electrons. The van der Waals surface area contributed by atoms with Gasteiger partial charge in [0.2, 0.25) is 5.91 Å². The lowest BCUT2D eigenvalue weighted by Gasteiger charge is -2.29. The summed E-state index contributed by atoms with van der Waals surface area (Å²) in [5, 5.41) is 9.85. The maximum absolute atomic E-state index is 13.6. The number of pyridine rings is 1. The Morgan fingerprint density at radius 2 is 1.81 bits per heavy atom. The van der Waals surface area contributed by atoms with E-state index in [9.17, 15) is 14.4 Å². The van der Waals surface area contributed by atoms with Crippen molar-refractivity contribution in [3.05, 3.63) is 71.2 Å². The minimum atomic E-state index is -0.364. The molecule has 0 unspecified atom stereocenters. The van der Waals surface area contributed by atoms with Crippen molar-refractivity contribution in [1.29, 1.82) is 0 Å². The molecule has 2 atom stereocenters. The van der Waals surface area contributed by atoms with Gasteiger partial charge in [-0.2, -0.15) is 0 Å². The second-order valence-electron chi connectivity index (χ2n) is 10.9. The number of carbonyl (C=O) groups is 3. The smallest absolute Gasteiger partial charge is 0.331 e. The maximum Gasteiger partial charge on any atom is 0.331 e. The quantitative estimate of drug-likeness (QED) is 0.255. The van der Waals surface area contributed by atoms with E-state index in [0.717, 1.165) is 36.0 Å². The van der Waals surface area contributed by atoms with Crippen LogP contribution in [0, 0.1) is 6.92 Å². The highest BCUT2D eigenvalue weighted by Crippen LogP contribution is 2.46. The molecule has 6 rings (SSSR count). The minimum absolute atomic E-state index is 0.0701. The summed E-state index contributed by atoms with van der Waals surface area (Å²) in [6.07, 6.45) is 4.13. The standard InChI is InChI=1S/C31H32N6O4S/c1-18-16-20(41-19-8-5-4-6-9-19)12-13-23(18)37-24-14-15-32-30-26(24)27(35-31(37)40)28(42-30)29(39)34-22-11-7-10-21(22)33-25(38)17-36(2)3/h4-6,8-9,12-16,21-22H,7,10-11,17H2,1-3H3,(H,33,38)(H,34,39)(H,35,40)/t21-,22-/m0/s1. The third-order valence-corrected chi connectivity index (χ3v) is 8.58. The van der Waals surface area contributed by atoms with Gasteiger partial charge >= 0.3 is 6.03 Å². The molecule has 216 valence electrons. The van der Waals surface area contributed by atoms with Gasteiger partial charge in [0.1, 0.15) is 21.2 Å². The Bertz CT molecular complexity index is 1670. The Labute approximate surface area is 247 Å². The Kier molecular flexibility index (Phi) is 7.53. The third-order valence-electron chi connectivity index (χ3n) is 7.48. The van der Waals surface area contributed by atoms with Crippen LogP contribution in [0.3, 0.4) is 0 Å². The first-order valence-electron chi connectivity index (χ1n) is 13.9. The molecule has 42 heavy (non-hydrogen) atoms. The SMILES string of the molecule is Cc1cc(Oc2ccccc2)ccc1N1C(=O)Nc2c(C(=O)N[C@H]3CCC[C@@H]3NC(=O)CN(C)C)sc3nccc1c23. The van der Waals surface area contributed by atoms with Crippen LogP contribution in [0.2, 0.25) is 0 Å². The number of aromatic nitrogens is 1. The number of hydrogen-bond acceptors (Lipinski definition) is 7. The van der Waals surface area contributed by atoms with Gasteiger partial charge in [0.05, 0.1) is 29.0 Å². The fourth-order valence-electron chi connectivity index (χ4n) is 5.63. The summed E-state index contributed by atoms with van der Waals surface area (Å²) in [6.45, 7) is 2.22. The van der Waals surface area contributed by atoms with Crippen molar-refractivity contribution < 1.29 is 19.1 Å². The first-order valence-corrected chi connectivity index (χ1v) is 14.7. The van der Waals surface area contributed by atoms with Crippen molar-refractivity contribution >= 4 is 56.5 Å². The number of urea groups is 1. The van der Waals surface area contributed by atoms with Crippen molar-refractivity contribution in [1.82, 2.24) is 20.5 Å². The van der Waals surface area contributed by atoms with E-state index in [-0.39, 0.29) is 36.5 Å². The summed E-state index contributed by atoms with van der Waals surface area (Å²) in [5.74, 6) is 1.03. The van der Waals surface area contributed by atoms with Crippen molar-refractivity contribution in [3.63, 3.8) is 0 Å². The third kappa shape index (κ3) is 5.40. The molecule has 1 fully saturated rings. The highest BCUT2D eigenvalue weighted by atomic mass is 32.1. The van der Waals surface area contributed by atoms with Gasteiger partial charge in [0.25, 0.3) is 5.91 Å². The lowest BCUT2D eigenvalue weighted by atomic mass is 10.1. The number of thiophene rings is 1. The van der Waals surface area contributed by atoms with Gasteiger partial charge < -0.3 is 25.6 Å². The van der Waals surface area contributed by atoms with Crippen molar-refractivity contribution in [2.24, 2.45) is 0 Å². The van der Waals surface area contributed by atoms with Crippen LogP contribution in [0.4, 0.5) is 21.9 Å². The molecule has 1 aliphatic carbocycles. The van der Waals surface area contributed by atoms with E-state index in [4.69, 9.17) is 4.74 Å². The molecule has 0 saturated heterocycles. The molecule has 10 nitrogen and oxygen atoms in total. The molecule has 4 aromatic rings. The van der Waals surface area contributed by atoms with Crippen molar-refractivity contribution in [2.75, 3.05) is 30.9 Å². The van der Waals surface area contributed by atoms with Gasteiger partial charge in [-0.25, -0.2) is 9.78 Å². The molecule has 3 N–H and O–H groups in total. The van der Waals surface area contributed by atoms with Gasteiger partial charge in [0, 0.05) is 18.3 Å². The van der Waals surface area contributed by atoms with Crippen LogP contribution < -0.4 is 25.6 Å². The van der Waals surface area contributed by atoms with Crippen LogP contribution in [-0.2, 0) is 4.79 Å². The first kappa shape index (κ1) is 27.7. The van der Waals surface area contributed by atoms with Gasteiger partial charge in [-0.05, 0) is 82.2 Å². The lowest BCUT2D eigenvalue weighted by molar-refractivity contribution is -0.122. The van der Waals surface area contributed by atoms with Crippen LogP contribution in [0.1, 0.15) is 34.5 Å².